The van der Waals surface area contributed by atoms with Gasteiger partial charge in [0.1, 0.15) is 0 Å². The molecule has 1 fully saturated rings. The third-order valence-electron chi connectivity index (χ3n) is 1.83. The van der Waals surface area contributed by atoms with Gasteiger partial charge < -0.3 is 8.85 Å². The van der Waals surface area contributed by atoms with Crippen molar-refractivity contribution >= 4 is 9.28 Å². The molecule has 3 heteroatoms. The van der Waals surface area contributed by atoms with E-state index in [1.807, 2.05) is 6.26 Å². The number of hydrogen-bond acceptors (Lipinski definition) is 2. The summed E-state index contributed by atoms with van der Waals surface area (Å²) < 4.78 is 10.7. The summed E-state index contributed by atoms with van der Waals surface area (Å²) >= 11 is 0. The highest BCUT2D eigenvalue weighted by Crippen LogP contribution is 2.30. The van der Waals surface area contributed by atoms with E-state index in [1.54, 1.807) is 7.11 Å². The van der Waals surface area contributed by atoms with Crippen molar-refractivity contribution in [2.75, 3.05) is 7.11 Å². The normalized spacial score (nSPS) is 18.1. The summed E-state index contributed by atoms with van der Waals surface area (Å²) in [6.07, 6.45) is 6.63. The molecule has 69 valence electrons. The van der Waals surface area contributed by atoms with Crippen molar-refractivity contribution in [2.45, 2.75) is 32.2 Å². The predicted octanol–water partition coefficient (Wildman–Crippen LogP) is 2.47. The Morgan fingerprint density at radius 3 is 2.50 bits per heavy atom. The highest BCUT2D eigenvalue weighted by molar-refractivity contribution is 6.46. The maximum atomic E-state index is 5.50. The largest absolute Gasteiger partial charge is 0.525 e. The Labute approximate surface area is 76.4 Å². The van der Waals surface area contributed by atoms with Gasteiger partial charge in [0, 0.05) is 12.7 Å². The van der Waals surface area contributed by atoms with Crippen LogP contribution < -0.4 is 0 Å². The van der Waals surface area contributed by atoms with E-state index in [4.69, 9.17) is 8.85 Å². The Morgan fingerprint density at radius 1 is 1.42 bits per heavy atom. The molecule has 0 amide bonds. The first-order valence-electron chi connectivity index (χ1n) is 4.48. The molecule has 0 atom stereocenters. The molecular formula is C9H17O2Si. The second-order valence-electron chi connectivity index (χ2n) is 3.46. The van der Waals surface area contributed by atoms with E-state index in [-0.39, 0.29) is 0 Å². The van der Waals surface area contributed by atoms with Crippen LogP contribution >= 0.6 is 0 Å². The van der Waals surface area contributed by atoms with E-state index in [0.29, 0.717) is 5.54 Å². The average Bonchev–Trinajstić information content (AvgIpc) is 2.80. The van der Waals surface area contributed by atoms with E-state index in [1.165, 1.54) is 12.8 Å². The van der Waals surface area contributed by atoms with Crippen molar-refractivity contribution in [3.05, 3.63) is 12.3 Å². The van der Waals surface area contributed by atoms with Crippen molar-refractivity contribution in [3.63, 3.8) is 0 Å². The molecule has 0 saturated heterocycles. The summed E-state index contributed by atoms with van der Waals surface area (Å²) in [7, 11) is 0.666. The Bertz CT molecular complexity index is 153. The minimum Gasteiger partial charge on any atom is -0.525 e. The Kier molecular flexibility index (Phi) is 3.82. The van der Waals surface area contributed by atoms with Crippen LogP contribution in [0.3, 0.4) is 0 Å². The molecule has 0 unspecified atom stereocenters. The monoisotopic (exact) mass is 185 g/mol. The van der Waals surface area contributed by atoms with Gasteiger partial charge in [0.2, 0.25) is 0 Å². The summed E-state index contributed by atoms with van der Waals surface area (Å²) in [5, 5.41) is 0. The van der Waals surface area contributed by atoms with Crippen LogP contribution in [0.2, 0.25) is 5.54 Å². The molecular weight excluding hydrogens is 168 g/mol. The molecule has 1 aliphatic carbocycles. The fourth-order valence-corrected chi connectivity index (χ4v) is 1.98. The third-order valence-corrected chi connectivity index (χ3v) is 3.54. The van der Waals surface area contributed by atoms with Crippen LogP contribution in [-0.2, 0) is 8.85 Å². The molecule has 0 bridgehead atoms. The van der Waals surface area contributed by atoms with Crippen molar-refractivity contribution in [1.29, 1.82) is 0 Å². The first kappa shape index (κ1) is 9.80. The standard InChI is InChI=1S/C9H17O2Si/c1-8(2)12(10-3)11-7-6-9-4-5-9/h6-9H,4-5H2,1-3H3. The minimum absolute atomic E-state index is 0.504. The van der Waals surface area contributed by atoms with Gasteiger partial charge in [-0.25, -0.2) is 0 Å². The van der Waals surface area contributed by atoms with Gasteiger partial charge in [-0.1, -0.05) is 13.8 Å². The van der Waals surface area contributed by atoms with Gasteiger partial charge in [-0.15, -0.1) is 0 Å². The summed E-state index contributed by atoms with van der Waals surface area (Å²) in [5.41, 5.74) is 0.504. The second-order valence-corrected chi connectivity index (χ2v) is 5.90. The Morgan fingerprint density at radius 2 is 2.08 bits per heavy atom. The molecule has 0 N–H and O–H groups in total. The van der Waals surface area contributed by atoms with Crippen LogP contribution in [0, 0.1) is 5.92 Å². The van der Waals surface area contributed by atoms with Crippen molar-refractivity contribution in [2.24, 2.45) is 5.92 Å². The summed E-state index contributed by atoms with van der Waals surface area (Å²) in [6.45, 7) is 4.26. The third kappa shape index (κ3) is 3.41. The highest BCUT2D eigenvalue weighted by Gasteiger charge is 2.21. The van der Waals surface area contributed by atoms with Gasteiger partial charge in [-0.2, -0.15) is 0 Å². The summed E-state index contributed by atoms with van der Waals surface area (Å²) in [5.74, 6) is 0.789. The molecule has 12 heavy (non-hydrogen) atoms. The maximum Gasteiger partial charge on any atom is 0.460 e. The van der Waals surface area contributed by atoms with Gasteiger partial charge in [-0.05, 0) is 24.8 Å². The maximum absolute atomic E-state index is 5.50. The Hall–Kier alpha value is -0.283. The lowest BCUT2D eigenvalue weighted by molar-refractivity contribution is 0.296. The summed E-state index contributed by atoms with van der Waals surface area (Å²) in [6, 6.07) is 0. The zero-order chi connectivity index (χ0) is 8.97. The van der Waals surface area contributed by atoms with E-state index < -0.39 is 9.28 Å². The zero-order valence-electron chi connectivity index (χ0n) is 8.04. The van der Waals surface area contributed by atoms with Gasteiger partial charge in [0.15, 0.2) is 0 Å². The van der Waals surface area contributed by atoms with Crippen LogP contribution in [0.5, 0.6) is 0 Å². The fourth-order valence-electron chi connectivity index (χ4n) is 0.926. The SMILES string of the molecule is CO[Si](OC=CC1CC1)C(C)C. The smallest absolute Gasteiger partial charge is 0.460 e. The first-order valence-corrected chi connectivity index (χ1v) is 5.87. The molecule has 2 nitrogen and oxygen atoms in total. The van der Waals surface area contributed by atoms with Crippen LogP contribution in [0.15, 0.2) is 12.3 Å². The quantitative estimate of drug-likeness (QED) is 0.484. The molecule has 1 saturated carbocycles. The molecule has 1 radical (unpaired) electrons. The lowest BCUT2D eigenvalue weighted by Crippen LogP contribution is -2.22. The van der Waals surface area contributed by atoms with Crippen molar-refractivity contribution < 1.29 is 8.85 Å². The van der Waals surface area contributed by atoms with E-state index in [2.05, 4.69) is 19.9 Å². The first-order chi connectivity index (χ1) is 5.74. The Balaban J connectivity index is 2.17. The molecule has 0 aliphatic heterocycles. The van der Waals surface area contributed by atoms with Crippen molar-refractivity contribution in [3.8, 4) is 0 Å². The van der Waals surface area contributed by atoms with E-state index in [0.717, 1.165) is 5.92 Å². The van der Waals surface area contributed by atoms with Gasteiger partial charge in [0.05, 0.1) is 6.26 Å². The molecule has 0 heterocycles. The molecule has 0 aromatic rings. The van der Waals surface area contributed by atoms with Crippen molar-refractivity contribution in [1.82, 2.24) is 0 Å². The number of rotatable bonds is 5. The van der Waals surface area contributed by atoms with Crippen LogP contribution in [-0.4, -0.2) is 16.4 Å². The predicted molar refractivity (Wildman–Crippen MR) is 50.8 cm³/mol. The van der Waals surface area contributed by atoms with Crippen LogP contribution in [0.1, 0.15) is 26.7 Å². The van der Waals surface area contributed by atoms with Crippen LogP contribution in [0.25, 0.3) is 0 Å². The van der Waals surface area contributed by atoms with Gasteiger partial charge >= 0.3 is 9.28 Å². The van der Waals surface area contributed by atoms with Gasteiger partial charge in [-0.3, -0.25) is 0 Å². The molecule has 0 aromatic carbocycles. The number of hydrogen-bond donors (Lipinski definition) is 0. The van der Waals surface area contributed by atoms with E-state index >= 15 is 0 Å². The van der Waals surface area contributed by atoms with Gasteiger partial charge in [0.25, 0.3) is 0 Å². The lowest BCUT2D eigenvalue weighted by Gasteiger charge is -2.13. The minimum atomic E-state index is -1.06. The molecule has 1 rings (SSSR count). The second kappa shape index (κ2) is 4.67. The fraction of sp³-hybridized carbons (Fsp3) is 0.778. The molecule has 0 spiro atoms. The lowest BCUT2D eigenvalue weighted by atomic mass is 10.4. The van der Waals surface area contributed by atoms with E-state index in [9.17, 15) is 0 Å². The average molecular weight is 185 g/mol. The van der Waals surface area contributed by atoms with Crippen LogP contribution in [0.4, 0.5) is 0 Å². The zero-order valence-corrected chi connectivity index (χ0v) is 9.04. The summed E-state index contributed by atoms with van der Waals surface area (Å²) in [4.78, 5) is 0. The topological polar surface area (TPSA) is 18.5 Å². The highest BCUT2D eigenvalue weighted by atomic mass is 28.3. The number of allylic oxidation sites excluding steroid dienone is 1. The molecule has 1 aliphatic rings. The molecule has 0 aromatic heterocycles.